The topological polar surface area (TPSA) is 38.7 Å². The van der Waals surface area contributed by atoms with Crippen molar-refractivity contribution in [3.05, 3.63) is 163 Å². The van der Waals surface area contributed by atoms with Crippen LogP contribution in [0.15, 0.2) is 152 Å². The molecular formula is C45H35N3. The summed E-state index contributed by atoms with van der Waals surface area (Å²) in [6.45, 7) is 0. The highest BCUT2D eigenvalue weighted by molar-refractivity contribution is 5.85. The maximum Gasteiger partial charge on any atom is 0.164 e. The van der Waals surface area contributed by atoms with Gasteiger partial charge in [0.05, 0.1) is 0 Å². The molecule has 6 aromatic carbocycles. The SMILES string of the molecule is [2H]C1([2H])CCC2(CC1)c1ccccc1-c1ccc(-c3cccc(-c4cccc(-c5nc(-c6ccccc6)nc(-c6ccccc6)n5)c4)c3)cc12. The van der Waals surface area contributed by atoms with Crippen molar-refractivity contribution in [3.63, 3.8) is 0 Å². The minimum atomic E-state index is -1.10. The molecule has 48 heavy (non-hydrogen) atoms. The molecule has 2 aliphatic carbocycles. The van der Waals surface area contributed by atoms with Crippen LogP contribution in [0.25, 0.3) is 67.5 Å². The third kappa shape index (κ3) is 4.94. The number of fused-ring (bicyclic) bond motifs is 5. The van der Waals surface area contributed by atoms with Crippen LogP contribution in [-0.2, 0) is 5.41 Å². The van der Waals surface area contributed by atoms with Gasteiger partial charge in [0.2, 0.25) is 0 Å². The zero-order valence-electron chi connectivity index (χ0n) is 28.6. The summed E-state index contributed by atoms with van der Waals surface area (Å²) in [4.78, 5) is 14.8. The van der Waals surface area contributed by atoms with E-state index >= 15 is 0 Å². The van der Waals surface area contributed by atoms with Crippen molar-refractivity contribution in [1.82, 2.24) is 15.0 Å². The molecule has 0 saturated heterocycles. The summed E-state index contributed by atoms with van der Waals surface area (Å²) >= 11 is 0. The van der Waals surface area contributed by atoms with Gasteiger partial charge in [-0.3, -0.25) is 0 Å². The summed E-state index contributed by atoms with van der Waals surface area (Å²) in [5.74, 6) is 1.93. The zero-order valence-corrected chi connectivity index (χ0v) is 26.6. The van der Waals surface area contributed by atoms with E-state index in [1.807, 2.05) is 60.7 Å². The average molecular weight is 620 g/mol. The van der Waals surface area contributed by atoms with Gasteiger partial charge >= 0.3 is 0 Å². The van der Waals surface area contributed by atoms with Gasteiger partial charge in [-0.2, -0.15) is 0 Å². The first-order chi connectivity index (χ1) is 24.5. The van der Waals surface area contributed by atoms with Gasteiger partial charge in [0.25, 0.3) is 0 Å². The lowest BCUT2D eigenvalue weighted by atomic mass is 9.67. The van der Waals surface area contributed by atoms with E-state index < -0.39 is 6.37 Å². The van der Waals surface area contributed by atoms with E-state index in [9.17, 15) is 0 Å². The molecule has 0 N–H and O–H groups in total. The first-order valence-electron chi connectivity index (χ1n) is 17.8. The van der Waals surface area contributed by atoms with Crippen molar-refractivity contribution in [2.24, 2.45) is 0 Å². The van der Waals surface area contributed by atoms with E-state index in [1.54, 1.807) is 0 Å². The number of rotatable bonds is 5. The van der Waals surface area contributed by atoms with Crippen molar-refractivity contribution in [3.8, 4) is 67.5 Å². The molecule has 9 rings (SSSR count). The summed E-state index contributed by atoms with van der Waals surface area (Å²) in [5, 5.41) is 0. The molecular weight excluding hydrogens is 583 g/mol. The molecule has 1 saturated carbocycles. The van der Waals surface area contributed by atoms with Gasteiger partial charge in [-0.25, -0.2) is 15.0 Å². The van der Waals surface area contributed by atoms with Crippen LogP contribution in [0.1, 0.15) is 45.9 Å². The molecule has 2 aliphatic rings. The fourth-order valence-electron chi connectivity index (χ4n) is 7.68. The lowest BCUT2D eigenvalue weighted by molar-refractivity contribution is 0.353. The van der Waals surface area contributed by atoms with Gasteiger partial charge in [0.1, 0.15) is 0 Å². The smallest absolute Gasteiger partial charge is 0.164 e. The van der Waals surface area contributed by atoms with Gasteiger partial charge < -0.3 is 0 Å². The van der Waals surface area contributed by atoms with E-state index in [2.05, 4.69) is 91.0 Å². The van der Waals surface area contributed by atoms with Crippen LogP contribution in [0.2, 0.25) is 0 Å². The van der Waals surface area contributed by atoms with E-state index in [1.165, 1.54) is 27.8 Å². The molecule has 7 aromatic rings. The number of nitrogens with zero attached hydrogens (tertiary/aromatic N) is 3. The van der Waals surface area contributed by atoms with Crippen molar-refractivity contribution < 1.29 is 2.74 Å². The van der Waals surface area contributed by atoms with Crippen LogP contribution in [0.5, 0.6) is 0 Å². The molecule has 3 heteroatoms. The van der Waals surface area contributed by atoms with Crippen LogP contribution < -0.4 is 0 Å². The third-order valence-electron chi connectivity index (χ3n) is 10.1. The van der Waals surface area contributed by atoms with E-state index in [-0.39, 0.29) is 5.41 Å². The molecule has 1 spiro atoms. The molecule has 1 aromatic heterocycles. The fourth-order valence-corrected chi connectivity index (χ4v) is 7.68. The van der Waals surface area contributed by atoms with Crippen molar-refractivity contribution in [2.45, 2.75) is 37.5 Å². The molecule has 0 aliphatic heterocycles. The molecule has 3 nitrogen and oxygen atoms in total. The first-order valence-corrected chi connectivity index (χ1v) is 16.8. The summed E-state index contributed by atoms with van der Waals surface area (Å²) in [7, 11) is 0. The number of hydrogen-bond donors (Lipinski definition) is 0. The highest BCUT2D eigenvalue weighted by Crippen LogP contribution is 2.56. The Morgan fingerprint density at radius 1 is 0.396 bits per heavy atom. The quantitative estimate of drug-likeness (QED) is 0.192. The second kappa shape index (κ2) is 11.8. The second-order valence-corrected chi connectivity index (χ2v) is 12.8. The van der Waals surface area contributed by atoms with Gasteiger partial charge in [-0.05, 0) is 75.5 Å². The molecule has 230 valence electrons. The minimum absolute atomic E-state index is 0.138. The van der Waals surface area contributed by atoms with E-state index in [4.69, 9.17) is 17.7 Å². The predicted octanol–water partition coefficient (Wildman–Crippen LogP) is 11.4. The highest BCUT2D eigenvalue weighted by atomic mass is 15.0. The van der Waals surface area contributed by atoms with Crippen LogP contribution in [0.3, 0.4) is 0 Å². The summed E-state index contributed by atoms with van der Waals surface area (Å²) in [6, 6.07) is 53.0. The number of hydrogen-bond acceptors (Lipinski definition) is 3. The Kier molecular flexibility index (Phi) is 6.52. The number of benzene rings is 6. The highest BCUT2D eigenvalue weighted by Gasteiger charge is 2.43. The van der Waals surface area contributed by atoms with Crippen LogP contribution in [0.4, 0.5) is 0 Å². The average Bonchev–Trinajstić information content (AvgIpc) is 3.45. The molecule has 1 heterocycles. The Balaban J connectivity index is 1.09. The van der Waals surface area contributed by atoms with Gasteiger partial charge in [-0.15, -0.1) is 0 Å². The van der Waals surface area contributed by atoms with Crippen molar-refractivity contribution >= 4 is 0 Å². The molecule has 0 unspecified atom stereocenters. The van der Waals surface area contributed by atoms with E-state index in [0.717, 1.165) is 46.2 Å². The lowest BCUT2D eigenvalue weighted by Gasteiger charge is -2.36. The molecule has 1 fully saturated rings. The second-order valence-electron chi connectivity index (χ2n) is 12.8. The molecule has 0 radical (unpaired) electrons. The van der Waals surface area contributed by atoms with Gasteiger partial charge in [0, 0.05) is 24.8 Å². The Morgan fingerprint density at radius 3 is 1.48 bits per heavy atom. The molecule has 0 amide bonds. The van der Waals surface area contributed by atoms with Crippen LogP contribution >= 0.6 is 0 Å². The number of aromatic nitrogens is 3. The summed E-state index contributed by atoms with van der Waals surface area (Å²) < 4.78 is 16.9. The lowest BCUT2D eigenvalue weighted by Crippen LogP contribution is -2.28. The van der Waals surface area contributed by atoms with Crippen LogP contribution in [0, 0.1) is 0 Å². The standard InChI is InChI=1S/C45H35N3/c1-4-14-31(15-5-1)42-46-43(32-16-6-2-7-17-32)48-44(47-42)37-21-13-20-35(29-37)33-18-12-19-34(28-33)36-24-25-39-38-22-8-9-23-40(38)45(41(39)30-36)26-10-3-11-27-45/h1-2,4-9,12-25,28-30H,3,10-11,26-27H2/i3D2. The monoisotopic (exact) mass is 619 g/mol. The maximum absolute atomic E-state index is 8.45. The minimum Gasteiger partial charge on any atom is -0.208 e. The predicted molar refractivity (Wildman–Crippen MR) is 196 cm³/mol. The Bertz CT molecular complexity index is 2300. The van der Waals surface area contributed by atoms with Gasteiger partial charge in [-0.1, -0.05) is 153 Å². The third-order valence-corrected chi connectivity index (χ3v) is 10.1. The van der Waals surface area contributed by atoms with Crippen LogP contribution in [-0.4, -0.2) is 15.0 Å². The summed E-state index contributed by atoms with van der Waals surface area (Å²) in [5.41, 5.74) is 12.5. The van der Waals surface area contributed by atoms with Gasteiger partial charge in [0.15, 0.2) is 17.5 Å². The normalized spacial score (nSPS) is 16.1. The maximum atomic E-state index is 8.45. The molecule has 0 bridgehead atoms. The zero-order chi connectivity index (χ0) is 33.7. The Hall–Kier alpha value is -5.67. The fraction of sp³-hybridized carbons (Fsp3) is 0.133. The van der Waals surface area contributed by atoms with Crippen molar-refractivity contribution in [2.75, 3.05) is 0 Å². The Labute approximate surface area is 284 Å². The first kappa shape index (κ1) is 26.4. The largest absolute Gasteiger partial charge is 0.208 e. The Morgan fingerprint density at radius 2 is 0.854 bits per heavy atom. The van der Waals surface area contributed by atoms with Crippen molar-refractivity contribution in [1.29, 1.82) is 0 Å². The molecule has 0 atom stereocenters. The summed E-state index contributed by atoms with van der Waals surface area (Å²) in [6.07, 6.45) is 1.72. The van der Waals surface area contributed by atoms with E-state index in [0.29, 0.717) is 30.3 Å².